The Kier molecular flexibility index (Phi) is 5.19. The fourth-order valence-electron chi connectivity index (χ4n) is 2.56. The van der Waals surface area contributed by atoms with Crippen LogP contribution in [0.4, 0.5) is 8.78 Å². The maximum absolute atomic E-state index is 13.9. The highest BCUT2D eigenvalue weighted by molar-refractivity contribution is 5.78. The van der Waals surface area contributed by atoms with E-state index in [1.807, 2.05) is 0 Å². The molecule has 0 heterocycles. The molecule has 0 spiro atoms. The van der Waals surface area contributed by atoms with Gasteiger partial charge in [-0.3, -0.25) is 4.79 Å². The summed E-state index contributed by atoms with van der Waals surface area (Å²) in [6, 6.07) is 17.8. The zero-order valence-electron chi connectivity index (χ0n) is 13.4. The SMILES string of the molecule is O=Cc1ccc(OCc2ccccc2F)cc1Cc1ccccc1F. The van der Waals surface area contributed by atoms with Crippen LogP contribution in [0.5, 0.6) is 5.75 Å². The zero-order chi connectivity index (χ0) is 17.6. The molecule has 0 radical (unpaired) electrons. The number of aldehydes is 1. The average Bonchev–Trinajstić information content (AvgIpc) is 2.63. The number of carbonyl (C=O) groups is 1. The third kappa shape index (κ3) is 4.10. The minimum atomic E-state index is -0.335. The van der Waals surface area contributed by atoms with Crippen LogP contribution in [0.15, 0.2) is 66.7 Å². The van der Waals surface area contributed by atoms with Gasteiger partial charge in [-0.05, 0) is 41.5 Å². The van der Waals surface area contributed by atoms with Gasteiger partial charge in [0.15, 0.2) is 0 Å². The third-order valence-electron chi connectivity index (χ3n) is 3.93. The first-order chi connectivity index (χ1) is 12.2. The molecule has 2 nitrogen and oxygen atoms in total. The molecule has 0 aliphatic rings. The molecule has 0 N–H and O–H groups in total. The largest absolute Gasteiger partial charge is 0.489 e. The second-order valence-corrected chi connectivity index (χ2v) is 5.63. The predicted octanol–water partition coefficient (Wildman–Crippen LogP) is 4.95. The quantitative estimate of drug-likeness (QED) is 0.595. The van der Waals surface area contributed by atoms with Crippen molar-refractivity contribution in [3.8, 4) is 5.75 Å². The molecule has 0 aliphatic heterocycles. The summed E-state index contributed by atoms with van der Waals surface area (Å²) in [5.74, 6) is -0.157. The summed E-state index contributed by atoms with van der Waals surface area (Å²) in [6.45, 7) is 0.0756. The molecule has 0 fully saturated rings. The van der Waals surface area contributed by atoms with Crippen LogP contribution in [0.3, 0.4) is 0 Å². The van der Waals surface area contributed by atoms with Gasteiger partial charge < -0.3 is 4.74 Å². The maximum Gasteiger partial charge on any atom is 0.150 e. The van der Waals surface area contributed by atoms with E-state index in [0.29, 0.717) is 28.0 Å². The molecule has 3 aromatic carbocycles. The highest BCUT2D eigenvalue weighted by Crippen LogP contribution is 2.22. The van der Waals surface area contributed by atoms with Gasteiger partial charge in [-0.1, -0.05) is 36.4 Å². The highest BCUT2D eigenvalue weighted by Gasteiger charge is 2.09. The lowest BCUT2D eigenvalue weighted by Crippen LogP contribution is -2.01. The van der Waals surface area contributed by atoms with Crippen LogP contribution in [-0.4, -0.2) is 6.29 Å². The lowest BCUT2D eigenvalue weighted by atomic mass is 9.99. The number of halogens is 2. The van der Waals surface area contributed by atoms with Gasteiger partial charge in [0.05, 0.1) is 0 Å². The van der Waals surface area contributed by atoms with Gasteiger partial charge >= 0.3 is 0 Å². The summed E-state index contributed by atoms with van der Waals surface area (Å²) >= 11 is 0. The van der Waals surface area contributed by atoms with Gasteiger partial charge in [0.25, 0.3) is 0 Å². The molecule has 0 bridgehead atoms. The Bertz CT molecular complexity index is 891. The molecule has 0 aromatic heterocycles. The molecule has 3 aromatic rings. The molecule has 0 amide bonds. The molecular weight excluding hydrogens is 322 g/mol. The minimum Gasteiger partial charge on any atom is -0.489 e. The summed E-state index contributed by atoms with van der Waals surface area (Å²) in [6.07, 6.45) is 1.01. The molecular formula is C21H16F2O2. The molecule has 0 saturated carbocycles. The van der Waals surface area contributed by atoms with Crippen LogP contribution in [0.25, 0.3) is 0 Å². The Morgan fingerprint density at radius 3 is 2.08 bits per heavy atom. The number of benzene rings is 3. The Morgan fingerprint density at radius 2 is 1.44 bits per heavy atom. The van der Waals surface area contributed by atoms with Crippen molar-refractivity contribution in [3.05, 3.63) is 101 Å². The van der Waals surface area contributed by atoms with E-state index in [4.69, 9.17) is 4.74 Å². The topological polar surface area (TPSA) is 26.3 Å². The molecule has 0 aliphatic carbocycles. The van der Waals surface area contributed by atoms with Gasteiger partial charge in [-0.2, -0.15) is 0 Å². The van der Waals surface area contributed by atoms with Crippen LogP contribution < -0.4 is 4.74 Å². The Hall–Kier alpha value is -3.01. The van der Waals surface area contributed by atoms with Gasteiger partial charge in [0.2, 0.25) is 0 Å². The molecule has 0 unspecified atom stereocenters. The van der Waals surface area contributed by atoms with E-state index >= 15 is 0 Å². The van der Waals surface area contributed by atoms with Gasteiger partial charge in [0.1, 0.15) is 30.3 Å². The molecule has 25 heavy (non-hydrogen) atoms. The van der Waals surface area contributed by atoms with E-state index in [0.717, 1.165) is 6.29 Å². The Balaban J connectivity index is 1.81. The molecule has 3 rings (SSSR count). The van der Waals surface area contributed by atoms with Crippen molar-refractivity contribution in [1.82, 2.24) is 0 Å². The molecule has 4 heteroatoms. The first-order valence-corrected chi connectivity index (χ1v) is 7.85. The molecule has 0 saturated heterocycles. The smallest absolute Gasteiger partial charge is 0.150 e. The van der Waals surface area contributed by atoms with Crippen LogP contribution in [-0.2, 0) is 13.0 Å². The summed E-state index contributed by atoms with van der Waals surface area (Å²) in [4.78, 5) is 11.3. The lowest BCUT2D eigenvalue weighted by Gasteiger charge is -2.11. The number of hydrogen-bond donors (Lipinski definition) is 0. The zero-order valence-corrected chi connectivity index (χ0v) is 13.4. The van der Waals surface area contributed by atoms with Crippen molar-refractivity contribution in [2.45, 2.75) is 13.0 Å². The normalized spacial score (nSPS) is 10.5. The van der Waals surface area contributed by atoms with E-state index in [-0.39, 0.29) is 24.7 Å². The first kappa shape index (κ1) is 16.8. The second kappa shape index (κ2) is 7.71. The fraction of sp³-hybridized carbons (Fsp3) is 0.0952. The van der Waals surface area contributed by atoms with Crippen LogP contribution >= 0.6 is 0 Å². The second-order valence-electron chi connectivity index (χ2n) is 5.63. The number of ether oxygens (including phenoxy) is 1. The number of hydrogen-bond acceptors (Lipinski definition) is 2. The van der Waals surface area contributed by atoms with Crippen molar-refractivity contribution >= 4 is 6.29 Å². The van der Waals surface area contributed by atoms with Crippen molar-refractivity contribution in [3.63, 3.8) is 0 Å². The number of rotatable bonds is 6. The van der Waals surface area contributed by atoms with Gasteiger partial charge in [-0.25, -0.2) is 8.78 Å². The Morgan fingerprint density at radius 1 is 0.800 bits per heavy atom. The first-order valence-electron chi connectivity index (χ1n) is 7.85. The Labute approximate surface area is 144 Å². The van der Waals surface area contributed by atoms with Crippen LogP contribution in [0.2, 0.25) is 0 Å². The maximum atomic E-state index is 13.9. The van der Waals surface area contributed by atoms with Crippen molar-refractivity contribution in [2.24, 2.45) is 0 Å². The van der Waals surface area contributed by atoms with Gasteiger partial charge in [-0.15, -0.1) is 0 Å². The van der Waals surface area contributed by atoms with Crippen molar-refractivity contribution in [2.75, 3.05) is 0 Å². The lowest BCUT2D eigenvalue weighted by molar-refractivity contribution is 0.112. The summed E-state index contributed by atoms with van der Waals surface area (Å²) in [7, 11) is 0. The van der Waals surface area contributed by atoms with E-state index in [2.05, 4.69) is 0 Å². The summed E-state index contributed by atoms with van der Waals surface area (Å²) in [5.41, 5.74) is 2.07. The van der Waals surface area contributed by atoms with E-state index in [9.17, 15) is 13.6 Å². The third-order valence-corrected chi connectivity index (χ3v) is 3.93. The van der Waals surface area contributed by atoms with Gasteiger partial charge in [0, 0.05) is 17.5 Å². The number of carbonyl (C=O) groups excluding carboxylic acids is 1. The summed E-state index contributed by atoms with van der Waals surface area (Å²) < 4.78 is 33.1. The van der Waals surface area contributed by atoms with E-state index in [1.165, 1.54) is 12.1 Å². The molecule has 126 valence electrons. The van der Waals surface area contributed by atoms with Crippen molar-refractivity contribution < 1.29 is 18.3 Å². The van der Waals surface area contributed by atoms with E-state index in [1.54, 1.807) is 54.6 Å². The fourth-order valence-corrected chi connectivity index (χ4v) is 2.56. The monoisotopic (exact) mass is 338 g/mol. The van der Waals surface area contributed by atoms with Crippen LogP contribution in [0.1, 0.15) is 27.0 Å². The standard InChI is InChI=1S/C21H16F2O2/c22-20-7-3-1-5-15(20)11-18-12-19(10-9-16(18)13-24)25-14-17-6-2-4-8-21(17)23/h1-10,12-13H,11,14H2. The van der Waals surface area contributed by atoms with E-state index < -0.39 is 0 Å². The van der Waals surface area contributed by atoms with Crippen molar-refractivity contribution in [1.29, 1.82) is 0 Å². The summed E-state index contributed by atoms with van der Waals surface area (Å²) in [5, 5.41) is 0. The molecule has 0 atom stereocenters. The highest BCUT2D eigenvalue weighted by atomic mass is 19.1. The minimum absolute atomic E-state index is 0.0756. The average molecular weight is 338 g/mol. The predicted molar refractivity (Wildman–Crippen MR) is 91.8 cm³/mol. The van der Waals surface area contributed by atoms with Crippen LogP contribution in [0, 0.1) is 11.6 Å².